The number of carbonyl (C=O) groups is 1. The van der Waals surface area contributed by atoms with Crippen molar-refractivity contribution in [3.63, 3.8) is 0 Å². The molecule has 150 valence electrons. The van der Waals surface area contributed by atoms with Crippen LogP contribution < -0.4 is 5.32 Å². The Morgan fingerprint density at radius 3 is 2.32 bits per heavy atom. The molecule has 1 heterocycles. The zero-order valence-corrected chi connectivity index (χ0v) is 17.6. The number of amides is 1. The van der Waals surface area contributed by atoms with Crippen molar-refractivity contribution in [3.8, 4) is 0 Å². The molecule has 2 aromatic rings. The van der Waals surface area contributed by atoms with Crippen LogP contribution in [-0.4, -0.2) is 31.7 Å². The topological polar surface area (TPSA) is 66.5 Å². The highest BCUT2D eigenvalue weighted by Crippen LogP contribution is 2.26. The fourth-order valence-electron chi connectivity index (χ4n) is 3.26. The molecule has 28 heavy (non-hydrogen) atoms. The normalized spacial score (nSPS) is 16.1. The standard InChI is InChI=1S/C20H22Cl2N2O3S/c21-18-7-6-16(12-19(18)22)14-28(26,27)24-10-8-17(9-11-24)20(25)23-13-15-4-2-1-3-5-15/h1-7,12,17H,8-11,13-14H2,(H,23,25). The molecule has 0 aromatic heterocycles. The molecule has 1 saturated heterocycles. The van der Waals surface area contributed by atoms with Gasteiger partial charge in [0.15, 0.2) is 0 Å². The third kappa shape index (κ3) is 5.47. The Labute approximate surface area is 175 Å². The summed E-state index contributed by atoms with van der Waals surface area (Å²) >= 11 is 11.9. The van der Waals surface area contributed by atoms with Crippen LogP contribution in [0.3, 0.4) is 0 Å². The minimum atomic E-state index is -3.47. The van der Waals surface area contributed by atoms with E-state index in [-0.39, 0.29) is 17.6 Å². The fraction of sp³-hybridized carbons (Fsp3) is 0.350. The van der Waals surface area contributed by atoms with Crippen LogP contribution in [0.1, 0.15) is 24.0 Å². The first kappa shape index (κ1) is 21.1. The predicted molar refractivity (Wildman–Crippen MR) is 112 cm³/mol. The highest BCUT2D eigenvalue weighted by Gasteiger charge is 2.31. The second kappa shape index (κ2) is 9.27. The smallest absolute Gasteiger partial charge is 0.223 e. The first-order valence-corrected chi connectivity index (χ1v) is 11.4. The zero-order valence-electron chi connectivity index (χ0n) is 15.3. The van der Waals surface area contributed by atoms with Gasteiger partial charge in [-0.1, -0.05) is 59.6 Å². The molecule has 1 aliphatic rings. The highest BCUT2D eigenvalue weighted by atomic mass is 35.5. The van der Waals surface area contributed by atoms with Gasteiger partial charge >= 0.3 is 0 Å². The lowest BCUT2D eigenvalue weighted by atomic mass is 9.97. The van der Waals surface area contributed by atoms with E-state index in [2.05, 4.69) is 5.32 Å². The number of carbonyl (C=O) groups excluding carboxylic acids is 1. The van der Waals surface area contributed by atoms with E-state index in [4.69, 9.17) is 23.2 Å². The lowest BCUT2D eigenvalue weighted by molar-refractivity contribution is -0.126. The summed E-state index contributed by atoms with van der Waals surface area (Å²) < 4.78 is 26.8. The third-order valence-corrected chi connectivity index (χ3v) is 7.45. The van der Waals surface area contributed by atoms with E-state index >= 15 is 0 Å². The molecule has 0 radical (unpaired) electrons. The molecule has 1 amide bonds. The minimum absolute atomic E-state index is 0.0228. The van der Waals surface area contributed by atoms with E-state index in [0.29, 0.717) is 48.1 Å². The second-order valence-corrected chi connectivity index (χ2v) is 9.66. The predicted octanol–water partition coefficient (Wildman–Crippen LogP) is 3.85. The summed E-state index contributed by atoms with van der Waals surface area (Å²) in [6.45, 7) is 1.16. The number of piperidine rings is 1. The molecule has 3 rings (SSSR count). The minimum Gasteiger partial charge on any atom is -0.352 e. The molecular formula is C20H22Cl2N2O3S. The Balaban J connectivity index is 1.52. The fourth-order valence-corrected chi connectivity index (χ4v) is 5.13. The van der Waals surface area contributed by atoms with E-state index in [9.17, 15) is 13.2 Å². The van der Waals surface area contributed by atoms with Crippen LogP contribution in [0.4, 0.5) is 0 Å². The molecule has 1 aliphatic heterocycles. The van der Waals surface area contributed by atoms with Crippen LogP contribution in [0.2, 0.25) is 10.0 Å². The molecule has 0 unspecified atom stereocenters. The third-order valence-electron chi connectivity index (χ3n) is 4.86. The molecule has 5 nitrogen and oxygen atoms in total. The SMILES string of the molecule is O=C(NCc1ccccc1)C1CCN(S(=O)(=O)Cc2ccc(Cl)c(Cl)c2)CC1. The summed E-state index contributed by atoms with van der Waals surface area (Å²) in [7, 11) is -3.47. The Morgan fingerprint density at radius 1 is 1.00 bits per heavy atom. The quantitative estimate of drug-likeness (QED) is 0.741. The van der Waals surface area contributed by atoms with Gasteiger partial charge in [0, 0.05) is 25.6 Å². The number of halogens is 2. The Morgan fingerprint density at radius 2 is 1.68 bits per heavy atom. The summed E-state index contributed by atoms with van der Waals surface area (Å²) in [5, 5.41) is 3.67. The molecule has 0 aliphatic carbocycles. The van der Waals surface area contributed by atoms with E-state index in [0.717, 1.165) is 5.56 Å². The number of benzene rings is 2. The molecule has 1 fully saturated rings. The first-order valence-electron chi connectivity index (χ1n) is 9.08. The number of nitrogens with zero attached hydrogens (tertiary/aromatic N) is 1. The van der Waals surface area contributed by atoms with Crippen LogP contribution in [0.15, 0.2) is 48.5 Å². The Bertz CT molecular complexity index is 928. The summed E-state index contributed by atoms with van der Waals surface area (Å²) in [6.07, 6.45) is 1.03. The monoisotopic (exact) mass is 440 g/mol. The highest BCUT2D eigenvalue weighted by molar-refractivity contribution is 7.88. The van der Waals surface area contributed by atoms with Gasteiger partial charge in [0.05, 0.1) is 15.8 Å². The van der Waals surface area contributed by atoms with Gasteiger partial charge in [0.2, 0.25) is 15.9 Å². The van der Waals surface area contributed by atoms with Gasteiger partial charge < -0.3 is 5.32 Å². The Kier molecular flexibility index (Phi) is 6.99. The molecule has 8 heteroatoms. The lowest BCUT2D eigenvalue weighted by Gasteiger charge is -2.30. The van der Waals surface area contributed by atoms with Crippen molar-refractivity contribution in [1.29, 1.82) is 0 Å². The molecule has 0 bridgehead atoms. The zero-order chi connectivity index (χ0) is 20.1. The van der Waals surface area contributed by atoms with E-state index < -0.39 is 10.0 Å². The number of hydrogen-bond donors (Lipinski definition) is 1. The average Bonchev–Trinajstić information content (AvgIpc) is 2.69. The number of nitrogens with one attached hydrogen (secondary N) is 1. The maximum atomic E-state index is 12.7. The summed E-state index contributed by atoms with van der Waals surface area (Å²) in [4.78, 5) is 12.4. The van der Waals surface area contributed by atoms with E-state index in [1.807, 2.05) is 30.3 Å². The maximum Gasteiger partial charge on any atom is 0.223 e. The van der Waals surface area contributed by atoms with Gasteiger partial charge in [0.25, 0.3) is 0 Å². The van der Waals surface area contributed by atoms with Crippen molar-refractivity contribution in [1.82, 2.24) is 9.62 Å². The van der Waals surface area contributed by atoms with E-state index in [1.54, 1.807) is 18.2 Å². The van der Waals surface area contributed by atoms with Crippen molar-refractivity contribution in [3.05, 3.63) is 69.7 Å². The van der Waals surface area contributed by atoms with Crippen LogP contribution in [0.25, 0.3) is 0 Å². The molecule has 0 atom stereocenters. The largest absolute Gasteiger partial charge is 0.352 e. The average molecular weight is 441 g/mol. The van der Waals surface area contributed by atoms with Crippen molar-refractivity contribution in [2.24, 2.45) is 5.92 Å². The molecular weight excluding hydrogens is 419 g/mol. The summed E-state index contributed by atoms with van der Waals surface area (Å²) in [5.41, 5.74) is 1.63. The molecule has 1 N–H and O–H groups in total. The van der Waals surface area contributed by atoms with Crippen LogP contribution >= 0.6 is 23.2 Å². The van der Waals surface area contributed by atoms with Crippen LogP contribution in [-0.2, 0) is 27.1 Å². The van der Waals surface area contributed by atoms with Gasteiger partial charge in [-0.25, -0.2) is 12.7 Å². The number of sulfonamides is 1. The van der Waals surface area contributed by atoms with Crippen LogP contribution in [0.5, 0.6) is 0 Å². The van der Waals surface area contributed by atoms with Crippen LogP contribution in [0, 0.1) is 5.92 Å². The van der Waals surface area contributed by atoms with Crippen molar-refractivity contribution in [2.75, 3.05) is 13.1 Å². The number of hydrogen-bond acceptors (Lipinski definition) is 3. The van der Waals surface area contributed by atoms with Gasteiger partial charge in [-0.15, -0.1) is 0 Å². The molecule has 2 aromatic carbocycles. The molecule has 0 spiro atoms. The van der Waals surface area contributed by atoms with Gasteiger partial charge in [-0.05, 0) is 36.1 Å². The van der Waals surface area contributed by atoms with Gasteiger partial charge in [0.1, 0.15) is 0 Å². The maximum absolute atomic E-state index is 12.7. The second-order valence-electron chi connectivity index (χ2n) is 6.88. The van der Waals surface area contributed by atoms with Gasteiger partial charge in [-0.3, -0.25) is 4.79 Å². The van der Waals surface area contributed by atoms with Gasteiger partial charge in [-0.2, -0.15) is 0 Å². The lowest BCUT2D eigenvalue weighted by Crippen LogP contribution is -2.43. The Hall–Kier alpha value is -1.60. The summed E-state index contributed by atoms with van der Waals surface area (Å²) in [6, 6.07) is 14.5. The van der Waals surface area contributed by atoms with Crippen molar-refractivity contribution < 1.29 is 13.2 Å². The number of rotatable bonds is 6. The summed E-state index contributed by atoms with van der Waals surface area (Å²) in [5.74, 6) is -0.320. The molecule has 0 saturated carbocycles. The van der Waals surface area contributed by atoms with Crippen molar-refractivity contribution >= 4 is 39.1 Å². The van der Waals surface area contributed by atoms with Crippen molar-refractivity contribution in [2.45, 2.75) is 25.1 Å². The van der Waals surface area contributed by atoms with E-state index in [1.165, 1.54) is 4.31 Å². The first-order chi connectivity index (χ1) is 13.3.